The smallest absolute Gasteiger partial charge is 0.255 e. The molecule has 1 unspecified atom stereocenters. The Morgan fingerprint density at radius 1 is 1.37 bits per heavy atom. The summed E-state index contributed by atoms with van der Waals surface area (Å²) < 4.78 is 1.74. The van der Waals surface area contributed by atoms with Gasteiger partial charge in [-0.3, -0.25) is 4.79 Å². The lowest BCUT2D eigenvalue weighted by molar-refractivity contribution is 0.531. The van der Waals surface area contributed by atoms with Crippen molar-refractivity contribution >= 4 is 11.3 Å². The summed E-state index contributed by atoms with van der Waals surface area (Å²) in [5.74, 6) is 0. The Bertz CT molecular complexity index is 587. The molecule has 1 atom stereocenters. The Morgan fingerprint density at radius 2 is 2.16 bits per heavy atom. The van der Waals surface area contributed by atoms with Crippen molar-refractivity contribution in [1.82, 2.24) is 9.88 Å². The summed E-state index contributed by atoms with van der Waals surface area (Å²) in [4.78, 5) is 13.4. The van der Waals surface area contributed by atoms with Crippen LogP contribution in [0.3, 0.4) is 0 Å². The summed E-state index contributed by atoms with van der Waals surface area (Å²) in [6.07, 6.45) is 1.06. The van der Waals surface area contributed by atoms with Gasteiger partial charge in [0.05, 0.1) is 10.6 Å². The zero-order valence-electron chi connectivity index (χ0n) is 11.6. The normalized spacial score (nSPS) is 12.6. The number of hydrogen-bond donors (Lipinski definition) is 1. The van der Waals surface area contributed by atoms with Gasteiger partial charge in [0.2, 0.25) is 0 Å². The van der Waals surface area contributed by atoms with E-state index in [-0.39, 0.29) is 5.56 Å². The summed E-state index contributed by atoms with van der Waals surface area (Å²) >= 11 is 1.65. The molecule has 3 nitrogen and oxygen atoms in total. The largest absolute Gasteiger partial charge is 0.310 e. The minimum Gasteiger partial charge on any atom is -0.310 e. The van der Waals surface area contributed by atoms with Crippen molar-refractivity contribution in [2.24, 2.45) is 7.05 Å². The van der Waals surface area contributed by atoms with Gasteiger partial charge in [-0.1, -0.05) is 19.1 Å². The molecule has 2 aromatic rings. The van der Waals surface area contributed by atoms with E-state index in [1.165, 1.54) is 0 Å². The Labute approximate surface area is 117 Å². The van der Waals surface area contributed by atoms with E-state index in [2.05, 4.69) is 19.2 Å². The topological polar surface area (TPSA) is 34.0 Å². The molecule has 0 aliphatic heterocycles. The number of rotatable bonds is 5. The first kappa shape index (κ1) is 14.0. The Morgan fingerprint density at radius 3 is 2.79 bits per heavy atom. The standard InChI is InChI=1S/C15H20N2OS/c1-4-11(2)16-10-12-7-8-13(17(3)15(12)18)14-6-5-9-19-14/h5-9,11,16H,4,10H2,1-3H3. The molecular formula is C15H20N2OS. The van der Waals surface area contributed by atoms with Gasteiger partial charge in [-0.2, -0.15) is 0 Å². The van der Waals surface area contributed by atoms with E-state index in [0.29, 0.717) is 12.6 Å². The van der Waals surface area contributed by atoms with Crippen LogP contribution in [0.25, 0.3) is 10.6 Å². The molecule has 0 spiro atoms. The van der Waals surface area contributed by atoms with Crippen LogP contribution in [0, 0.1) is 0 Å². The third kappa shape index (κ3) is 3.14. The van der Waals surface area contributed by atoms with Gasteiger partial charge in [0.15, 0.2) is 0 Å². The number of pyridine rings is 1. The molecule has 19 heavy (non-hydrogen) atoms. The first-order valence-corrected chi connectivity index (χ1v) is 7.47. The maximum absolute atomic E-state index is 12.3. The minimum atomic E-state index is 0.0849. The average Bonchev–Trinajstić information content (AvgIpc) is 2.94. The van der Waals surface area contributed by atoms with Gasteiger partial charge < -0.3 is 9.88 Å². The van der Waals surface area contributed by atoms with E-state index >= 15 is 0 Å². The molecule has 102 valence electrons. The van der Waals surface area contributed by atoms with Gasteiger partial charge in [0.25, 0.3) is 5.56 Å². The van der Waals surface area contributed by atoms with E-state index in [1.807, 2.05) is 36.7 Å². The van der Waals surface area contributed by atoms with Crippen molar-refractivity contribution in [3.8, 4) is 10.6 Å². The van der Waals surface area contributed by atoms with Crippen molar-refractivity contribution in [3.63, 3.8) is 0 Å². The highest BCUT2D eigenvalue weighted by Crippen LogP contribution is 2.22. The molecule has 2 aromatic heterocycles. The van der Waals surface area contributed by atoms with Crippen molar-refractivity contribution < 1.29 is 0 Å². The highest BCUT2D eigenvalue weighted by molar-refractivity contribution is 7.13. The van der Waals surface area contributed by atoms with Crippen LogP contribution in [0.5, 0.6) is 0 Å². The lowest BCUT2D eigenvalue weighted by atomic mass is 10.2. The van der Waals surface area contributed by atoms with Crippen LogP contribution in [0.1, 0.15) is 25.8 Å². The fourth-order valence-electron chi connectivity index (χ4n) is 1.92. The molecule has 1 N–H and O–H groups in total. The fraction of sp³-hybridized carbons (Fsp3) is 0.400. The monoisotopic (exact) mass is 276 g/mol. The zero-order chi connectivity index (χ0) is 13.8. The first-order valence-electron chi connectivity index (χ1n) is 6.59. The van der Waals surface area contributed by atoms with E-state index < -0.39 is 0 Å². The molecule has 2 heterocycles. The molecule has 0 aromatic carbocycles. The van der Waals surface area contributed by atoms with E-state index in [4.69, 9.17) is 0 Å². The van der Waals surface area contributed by atoms with E-state index in [1.54, 1.807) is 15.9 Å². The number of nitrogens with one attached hydrogen (secondary N) is 1. The third-order valence-corrected chi connectivity index (χ3v) is 4.30. The maximum Gasteiger partial charge on any atom is 0.255 e. The first-order chi connectivity index (χ1) is 9.13. The molecule has 0 saturated heterocycles. The summed E-state index contributed by atoms with van der Waals surface area (Å²) in [6, 6.07) is 8.44. The van der Waals surface area contributed by atoms with Crippen LogP contribution in [0.4, 0.5) is 0 Å². The molecule has 0 bridgehead atoms. The van der Waals surface area contributed by atoms with Gasteiger partial charge in [-0.15, -0.1) is 11.3 Å². The zero-order valence-corrected chi connectivity index (χ0v) is 12.5. The molecule has 0 aliphatic rings. The molecule has 2 rings (SSSR count). The Hall–Kier alpha value is -1.39. The van der Waals surface area contributed by atoms with Crippen molar-refractivity contribution in [2.45, 2.75) is 32.9 Å². The number of aromatic nitrogens is 1. The third-order valence-electron chi connectivity index (χ3n) is 3.41. The molecule has 0 amide bonds. The van der Waals surface area contributed by atoms with Gasteiger partial charge >= 0.3 is 0 Å². The van der Waals surface area contributed by atoms with E-state index in [0.717, 1.165) is 22.6 Å². The lowest BCUT2D eigenvalue weighted by Crippen LogP contribution is -2.30. The van der Waals surface area contributed by atoms with Gasteiger partial charge in [0.1, 0.15) is 0 Å². The SMILES string of the molecule is CCC(C)NCc1ccc(-c2cccs2)n(C)c1=O. The Balaban J connectivity index is 2.25. The number of nitrogens with zero attached hydrogens (tertiary/aromatic N) is 1. The molecular weight excluding hydrogens is 256 g/mol. The summed E-state index contributed by atoms with van der Waals surface area (Å²) in [6.45, 7) is 4.90. The van der Waals surface area contributed by atoms with Crippen LogP contribution >= 0.6 is 11.3 Å². The predicted octanol–water partition coefficient (Wildman–Crippen LogP) is 3.00. The highest BCUT2D eigenvalue weighted by Gasteiger charge is 2.08. The molecule has 0 fully saturated rings. The van der Waals surface area contributed by atoms with Crippen LogP contribution in [-0.2, 0) is 13.6 Å². The molecule has 0 saturated carbocycles. The molecule has 4 heteroatoms. The van der Waals surface area contributed by atoms with Crippen LogP contribution in [0.15, 0.2) is 34.4 Å². The number of thiophene rings is 1. The predicted molar refractivity (Wildman–Crippen MR) is 81.6 cm³/mol. The quantitative estimate of drug-likeness (QED) is 0.911. The lowest BCUT2D eigenvalue weighted by Gasteiger charge is -2.13. The number of hydrogen-bond acceptors (Lipinski definition) is 3. The second-order valence-electron chi connectivity index (χ2n) is 4.78. The second kappa shape index (κ2) is 6.17. The maximum atomic E-state index is 12.3. The van der Waals surface area contributed by atoms with Crippen LogP contribution in [0.2, 0.25) is 0 Å². The van der Waals surface area contributed by atoms with E-state index in [9.17, 15) is 4.79 Å². The average molecular weight is 276 g/mol. The highest BCUT2D eigenvalue weighted by atomic mass is 32.1. The second-order valence-corrected chi connectivity index (χ2v) is 5.72. The van der Waals surface area contributed by atoms with Gasteiger partial charge in [0, 0.05) is 25.2 Å². The van der Waals surface area contributed by atoms with Gasteiger partial charge in [-0.05, 0) is 30.9 Å². The minimum absolute atomic E-state index is 0.0849. The molecule has 0 radical (unpaired) electrons. The summed E-state index contributed by atoms with van der Waals surface area (Å²) in [5.41, 5.74) is 1.89. The Kier molecular flexibility index (Phi) is 4.56. The fourth-order valence-corrected chi connectivity index (χ4v) is 2.71. The summed E-state index contributed by atoms with van der Waals surface area (Å²) in [7, 11) is 1.84. The van der Waals surface area contributed by atoms with Crippen LogP contribution < -0.4 is 10.9 Å². The van der Waals surface area contributed by atoms with Crippen molar-refractivity contribution in [3.05, 3.63) is 45.6 Å². The van der Waals surface area contributed by atoms with Crippen LogP contribution in [-0.4, -0.2) is 10.6 Å². The molecule has 0 aliphatic carbocycles. The summed E-state index contributed by atoms with van der Waals surface area (Å²) in [5, 5.41) is 5.39. The van der Waals surface area contributed by atoms with Crippen molar-refractivity contribution in [2.75, 3.05) is 0 Å². The van der Waals surface area contributed by atoms with Crippen molar-refractivity contribution in [1.29, 1.82) is 0 Å². The van der Waals surface area contributed by atoms with Gasteiger partial charge in [-0.25, -0.2) is 0 Å².